The molecule has 0 bridgehead atoms. The monoisotopic (exact) mass is 391 g/mol. The summed E-state index contributed by atoms with van der Waals surface area (Å²) in [5.41, 5.74) is 0.0292. The summed E-state index contributed by atoms with van der Waals surface area (Å²) in [6.07, 6.45) is 10.4. The molecule has 0 aromatic carbocycles. The van der Waals surface area contributed by atoms with Gasteiger partial charge in [-0.15, -0.1) is 0 Å². The van der Waals surface area contributed by atoms with Crippen LogP contribution in [0.4, 0.5) is 0 Å². The molecule has 160 valence electrons. The second-order valence-electron chi connectivity index (χ2n) is 10.0. The fourth-order valence-electron chi connectivity index (χ4n) is 6.02. The number of hydrogen-bond donors (Lipinski definition) is 0. The van der Waals surface area contributed by atoms with E-state index in [9.17, 15) is 4.79 Å². The molecular formula is C23H41N3O2. The summed E-state index contributed by atoms with van der Waals surface area (Å²) < 4.78 is 6.39. The molecule has 28 heavy (non-hydrogen) atoms. The lowest BCUT2D eigenvalue weighted by Crippen LogP contribution is -2.58. The van der Waals surface area contributed by atoms with Gasteiger partial charge in [-0.2, -0.15) is 0 Å². The summed E-state index contributed by atoms with van der Waals surface area (Å²) in [5, 5.41) is 0. The average Bonchev–Trinajstić information content (AvgIpc) is 2.74. The molecule has 0 radical (unpaired) electrons. The van der Waals surface area contributed by atoms with Gasteiger partial charge in [0.25, 0.3) is 0 Å². The van der Waals surface area contributed by atoms with Crippen LogP contribution in [0.2, 0.25) is 0 Å². The largest absolute Gasteiger partial charge is 0.375 e. The van der Waals surface area contributed by atoms with Crippen molar-refractivity contribution in [3.8, 4) is 0 Å². The molecule has 5 heteroatoms. The Kier molecular flexibility index (Phi) is 6.63. The third-order valence-electron chi connectivity index (χ3n) is 8.00. The predicted octanol–water partition coefficient (Wildman–Crippen LogP) is 3.13. The Morgan fingerprint density at radius 2 is 1.61 bits per heavy atom. The highest BCUT2D eigenvalue weighted by molar-refractivity contribution is 5.79. The number of likely N-dealkylation sites (tertiary alicyclic amines) is 1. The fourth-order valence-corrected chi connectivity index (χ4v) is 6.02. The Balaban J connectivity index is 1.28. The molecule has 0 aromatic heterocycles. The first-order valence-corrected chi connectivity index (χ1v) is 12.0. The molecule has 1 saturated carbocycles. The first-order chi connectivity index (χ1) is 13.6. The zero-order chi connectivity index (χ0) is 19.6. The maximum absolute atomic E-state index is 12.9. The number of piperidine rings is 1. The van der Waals surface area contributed by atoms with E-state index in [4.69, 9.17) is 4.74 Å². The lowest BCUT2D eigenvalue weighted by Gasteiger charge is -2.50. The number of carbonyl (C=O) groups excluding carboxylic acids is 1. The van der Waals surface area contributed by atoms with Crippen molar-refractivity contribution in [2.24, 2.45) is 5.92 Å². The summed E-state index contributed by atoms with van der Waals surface area (Å²) in [7, 11) is 0. The summed E-state index contributed by atoms with van der Waals surface area (Å²) >= 11 is 0. The van der Waals surface area contributed by atoms with Gasteiger partial charge in [0.15, 0.2) is 0 Å². The van der Waals surface area contributed by atoms with Crippen LogP contribution in [0.5, 0.6) is 0 Å². The first kappa shape index (κ1) is 20.6. The molecule has 0 aromatic rings. The van der Waals surface area contributed by atoms with E-state index in [1.807, 2.05) is 0 Å². The highest BCUT2D eigenvalue weighted by Crippen LogP contribution is 2.38. The molecule has 3 aliphatic heterocycles. The molecule has 4 fully saturated rings. The van der Waals surface area contributed by atoms with E-state index < -0.39 is 0 Å². The van der Waals surface area contributed by atoms with Crippen molar-refractivity contribution in [1.82, 2.24) is 14.7 Å². The summed E-state index contributed by atoms with van der Waals surface area (Å²) in [6, 6.07) is 1.33. The molecule has 5 nitrogen and oxygen atoms in total. The van der Waals surface area contributed by atoms with Crippen molar-refractivity contribution in [2.45, 2.75) is 89.3 Å². The summed E-state index contributed by atoms with van der Waals surface area (Å²) in [6.45, 7) is 12.1. The van der Waals surface area contributed by atoms with Crippen LogP contribution >= 0.6 is 0 Å². The van der Waals surface area contributed by atoms with Crippen LogP contribution in [-0.4, -0.2) is 84.2 Å². The number of amides is 1. The second kappa shape index (κ2) is 9.01. The molecule has 1 amide bonds. The Bertz CT molecular complexity index is 516. The van der Waals surface area contributed by atoms with Crippen LogP contribution in [-0.2, 0) is 9.53 Å². The van der Waals surface area contributed by atoms with Crippen LogP contribution < -0.4 is 0 Å². The molecule has 3 saturated heterocycles. The lowest BCUT2D eigenvalue weighted by atomic mass is 9.81. The molecule has 4 rings (SSSR count). The van der Waals surface area contributed by atoms with Crippen LogP contribution in [0.15, 0.2) is 0 Å². The van der Waals surface area contributed by atoms with Crippen molar-refractivity contribution in [1.29, 1.82) is 0 Å². The van der Waals surface area contributed by atoms with Gasteiger partial charge < -0.3 is 9.64 Å². The second-order valence-corrected chi connectivity index (χ2v) is 10.0. The van der Waals surface area contributed by atoms with Crippen molar-refractivity contribution in [2.75, 3.05) is 45.9 Å². The van der Waals surface area contributed by atoms with Crippen molar-refractivity contribution in [3.05, 3.63) is 0 Å². The average molecular weight is 392 g/mol. The minimum atomic E-state index is 0.0292. The zero-order valence-electron chi connectivity index (χ0n) is 18.2. The molecule has 1 spiro atoms. The van der Waals surface area contributed by atoms with Crippen LogP contribution in [0.25, 0.3) is 0 Å². The number of carbonyl (C=O) groups is 1. The van der Waals surface area contributed by atoms with Gasteiger partial charge in [-0.05, 0) is 52.4 Å². The lowest BCUT2D eigenvalue weighted by molar-refractivity contribution is -0.153. The molecule has 1 aliphatic carbocycles. The van der Waals surface area contributed by atoms with E-state index in [0.717, 1.165) is 45.4 Å². The highest BCUT2D eigenvalue weighted by atomic mass is 16.5. The van der Waals surface area contributed by atoms with E-state index in [1.165, 1.54) is 58.3 Å². The molecule has 3 heterocycles. The standard InChI is InChI=1S/C23H41N3O2/c1-19(2)24-13-15-25(16-14-24)21-8-17-28-23(18-21)9-11-26(12-10-23)22(27)20-6-4-3-5-7-20/h19-21H,3-18H2,1-2H3/t21-/m0/s1. The first-order valence-electron chi connectivity index (χ1n) is 12.0. The smallest absolute Gasteiger partial charge is 0.225 e. The summed E-state index contributed by atoms with van der Waals surface area (Å²) in [4.78, 5) is 20.4. The SMILES string of the molecule is CC(C)N1CCN([C@H]2CCOC3(CCN(C(=O)C4CCCCC4)CC3)C2)CC1. The fraction of sp³-hybridized carbons (Fsp3) is 0.957. The van der Waals surface area contributed by atoms with Gasteiger partial charge in [0, 0.05) is 63.9 Å². The Morgan fingerprint density at radius 3 is 2.25 bits per heavy atom. The van der Waals surface area contributed by atoms with Gasteiger partial charge in [0.05, 0.1) is 5.60 Å². The van der Waals surface area contributed by atoms with E-state index in [0.29, 0.717) is 23.9 Å². The number of rotatable bonds is 3. The molecular weight excluding hydrogens is 350 g/mol. The maximum Gasteiger partial charge on any atom is 0.225 e. The Labute approximate surface area is 171 Å². The van der Waals surface area contributed by atoms with E-state index in [-0.39, 0.29) is 5.60 Å². The minimum absolute atomic E-state index is 0.0292. The number of hydrogen-bond acceptors (Lipinski definition) is 4. The van der Waals surface area contributed by atoms with Gasteiger partial charge in [0.1, 0.15) is 0 Å². The molecule has 1 atom stereocenters. The predicted molar refractivity (Wildman–Crippen MR) is 112 cm³/mol. The molecule has 0 N–H and O–H groups in total. The molecule has 4 aliphatic rings. The number of ether oxygens (including phenoxy) is 1. The molecule has 0 unspecified atom stereocenters. The maximum atomic E-state index is 12.9. The third kappa shape index (κ3) is 4.57. The third-order valence-corrected chi connectivity index (χ3v) is 8.00. The van der Waals surface area contributed by atoms with Gasteiger partial charge >= 0.3 is 0 Å². The normalized spacial score (nSPS) is 30.8. The topological polar surface area (TPSA) is 36.0 Å². The summed E-state index contributed by atoms with van der Waals surface area (Å²) in [5.74, 6) is 0.742. The minimum Gasteiger partial charge on any atom is -0.375 e. The Hall–Kier alpha value is -0.650. The van der Waals surface area contributed by atoms with E-state index in [1.54, 1.807) is 0 Å². The van der Waals surface area contributed by atoms with Crippen LogP contribution in [0.1, 0.15) is 71.6 Å². The quantitative estimate of drug-likeness (QED) is 0.741. The van der Waals surface area contributed by atoms with Crippen LogP contribution in [0.3, 0.4) is 0 Å². The highest BCUT2D eigenvalue weighted by Gasteiger charge is 2.43. The van der Waals surface area contributed by atoms with E-state index in [2.05, 4.69) is 28.5 Å². The van der Waals surface area contributed by atoms with Crippen molar-refractivity contribution >= 4 is 5.91 Å². The zero-order valence-corrected chi connectivity index (χ0v) is 18.2. The number of piperazine rings is 1. The van der Waals surface area contributed by atoms with E-state index >= 15 is 0 Å². The van der Waals surface area contributed by atoms with Crippen LogP contribution in [0, 0.1) is 5.92 Å². The van der Waals surface area contributed by atoms with Gasteiger partial charge in [0.2, 0.25) is 5.91 Å². The van der Waals surface area contributed by atoms with Gasteiger partial charge in [-0.1, -0.05) is 19.3 Å². The number of nitrogens with zero attached hydrogens (tertiary/aromatic N) is 3. The van der Waals surface area contributed by atoms with Gasteiger partial charge in [-0.25, -0.2) is 0 Å². The Morgan fingerprint density at radius 1 is 0.929 bits per heavy atom. The van der Waals surface area contributed by atoms with Crippen molar-refractivity contribution in [3.63, 3.8) is 0 Å². The van der Waals surface area contributed by atoms with Crippen molar-refractivity contribution < 1.29 is 9.53 Å². The van der Waals surface area contributed by atoms with Gasteiger partial charge in [-0.3, -0.25) is 14.6 Å².